The second-order valence-corrected chi connectivity index (χ2v) is 8.43. The number of ether oxygens (including phenoxy) is 1. The van der Waals surface area contributed by atoms with Crippen LogP contribution in [0.15, 0.2) is 17.0 Å². The molecule has 1 aromatic carbocycles. The highest BCUT2D eigenvalue weighted by Crippen LogP contribution is 2.29. The van der Waals surface area contributed by atoms with Gasteiger partial charge in [0.05, 0.1) is 29.0 Å². The Morgan fingerprint density at radius 1 is 1.44 bits per heavy atom. The van der Waals surface area contributed by atoms with Gasteiger partial charge < -0.3 is 21.1 Å². The maximum atomic E-state index is 12.8. The van der Waals surface area contributed by atoms with Crippen LogP contribution in [0.5, 0.6) is 5.75 Å². The molecule has 0 saturated carbocycles. The molecule has 7 nitrogen and oxygen atoms in total. The van der Waals surface area contributed by atoms with E-state index in [4.69, 9.17) is 10.5 Å². The van der Waals surface area contributed by atoms with Crippen LogP contribution in [0, 0.1) is 0 Å². The van der Waals surface area contributed by atoms with Gasteiger partial charge in [0.15, 0.2) is 9.84 Å². The zero-order chi connectivity index (χ0) is 18.6. The van der Waals surface area contributed by atoms with Gasteiger partial charge in [-0.3, -0.25) is 4.79 Å². The minimum absolute atomic E-state index is 0.0245. The van der Waals surface area contributed by atoms with Crippen LogP contribution in [-0.4, -0.2) is 45.8 Å². The molecule has 0 unspecified atom stereocenters. The Kier molecular flexibility index (Phi) is 6.29. The maximum absolute atomic E-state index is 12.8. The third kappa shape index (κ3) is 4.24. The zero-order valence-corrected chi connectivity index (χ0v) is 15.8. The van der Waals surface area contributed by atoms with Crippen molar-refractivity contribution in [1.82, 2.24) is 10.6 Å². The molecule has 1 aromatic rings. The number of nitrogen functional groups attached to an aromatic ring is 1. The lowest BCUT2D eigenvalue weighted by atomic mass is 10.0. The number of sulfone groups is 1. The number of amides is 1. The van der Waals surface area contributed by atoms with Crippen LogP contribution in [0.3, 0.4) is 0 Å². The third-order valence-electron chi connectivity index (χ3n) is 4.63. The highest BCUT2D eigenvalue weighted by Gasteiger charge is 2.27. The summed E-state index contributed by atoms with van der Waals surface area (Å²) in [4.78, 5) is 12.7. The Morgan fingerprint density at radius 2 is 2.16 bits per heavy atom. The molecule has 8 heteroatoms. The van der Waals surface area contributed by atoms with Crippen molar-refractivity contribution in [1.29, 1.82) is 0 Å². The second-order valence-electron chi connectivity index (χ2n) is 6.18. The predicted molar refractivity (Wildman–Crippen MR) is 97.7 cm³/mol. The molecule has 0 bridgehead atoms. The van der Waals surface area contributed by atoms with Gasteiger partial charge in [-0.05, 0) is 31.9 Å². The van der Waals surface area contributed by atoms with E-state index in [1.807, 2.05) is 6.92 Å². The van der Waals surface area contributed by atoms with Gasteiger partial charge in [0.25, 0.3) is 5.91 Å². The molecule has 1 aliphatic heterocycles. The summed E-state index contributed by atoms with van der Waals surface area (Å²) in [5.74, 6) is -0.182. The molecule has 140 valence electrons. The topological polar surface area (TPSA) is 111 Å². The first-order valence-electron chi connectivity index (χ1n) is 8.58. The van der Waals surface area contributed by atoms with E-state index in [-0.39, 0.29) is 45.6 Å². The van der Waals surface area contributed by atoms with Crippen LogP contribution in [-0.2, 0) is 9.84 Å². The van der Waals surface area contributed by atoms with E-state index in [9.17, 15) is 13.2 Å². The first kappa shape index (κ1) is 19.5. The molecule has 1 saturated heterocycles. The van der Waals surface area contributed by atoms with Gasteiger partial charge in [-0.2, -0.15) is 0 Å². The van der Waals surface area contributed by atoms with Gasteiger partial charge in [-0.1, -0.05) is 13.8 Å². The molecule has 1 fully saturated rings. The van der Waals surface area contributed by atoms with E-state index in [0.717, 1.165) is 25.8 Å². The van der Waals surface area contributed by atoms with Gasteiger partial charge in [0.2, 0.25) is 0 Å². The lowest BCUT2D eigenvalue weighted by Gasteiger charge is -2.24. The summed E-state index contributed by atoms with van der Waals surface area (Å²) in [5, 5.41) is 6.38. The fraction of sp³-hybridized carbons (Fsp3) is 0.588. The molecule has 2 atom stereocenters. The number of rotatable bonds is 7. The van der Waals surface area contributed by atoms with Gasteiger partial charge >= 0.3 is 0 Å². The van der Waals surface area contributed by atoms with Crippen molar-refractivity contribution in [3.63, 3.8) is 0 Å². The number of nitrogens with one attached hydrogen (secondary N) is 2. The molecule has 0 aromatic heterocycles. The van der Waals surface area contributed by atoms with E-state index in [0.29, 0.717) is 0 Å². The molecule has 1 amide bonds. The monoisotopic (exact) mass is 369 g/mol. The number of carbonyl (C=O) groups is 1. The van der Waals surface area contributed by atoms with Crippen molar-refractivity contribution < 1.29 is 17.9 Å². The molecular formula is C17H27N3O4S. The lowest BCUT2D eigenvalue weighted by molar-refractivity contribution is 0.0924. The summed E-state index contributed by atoms with van der Waals surface area (Å²) in [7, 11) is -2.11. The molecule has 2 rings (SSSR count). The van der Waals surface area contributed by atoms with E-state index >= 15 is 0 Å². The summed E-state index contributed by atoms with van der Waals surface area (Å²) in [5.41, 5.74) is 6.12. The zero-order valence-electron chi connectivity index (χ0n) is 15.0. The summed E-state index contributed by atoms with van der Waals surface area (Å²) >= 11 is 0. The van der Waals surface area contributed by atoms with Crippen molar-refractivity contribution in [2.45, 2.75) is 50.1 Å². The number of carbonyl (C=O) groups excluding carboxylic acids is 1. The number of hydrogen-bond donors (Lipinski definition) is 3. The summed E-state index contributed by atoms with van der Waals surface area (Å²) in [6.45, 7) is 4.50. The third-order valence-corrected chi connectivity index (χ3v) is 6.42. The van der Waals surface area contributed by atoms with Crippen molar-refractivity contribution in [3.05, 3.63) is 17.7 Å². The highest BCUT2D eigenvalue weighted by molar-refractivity contribution is 7.91. The van der Waals surface area contributed by atoms with Crippen LogP contribution in [0.4, 0.5) is 5.69 Å². The van der Waals surface area contributed by atoms with Gasteiger partial charge in [-0.25, -0.2) is 8.42 Å². The van der Waals surface area contributed by atoms with Crippen LogP contribution in [0.25, 0.3) is 0 Å². The Balaban J connectivity index is 2.35. The van der Waals surface area contributed by atoms with Gasteiger partial charge in [0.1, 0.15) is 5.75 Å². The SMILES string of the molecule is CC[C@@H](NC(=O)c1cc(S(=O)(=O)CC)c(N)cc1OC)[C@H]1CCCN1. The Labute approximate surface area is 149 Å². The molecule has 0 radical (unpaired) electrons. The van der Waals surface area contributed by atoms with E-state index < -0.39 is 9.84 Å². The number of anilines is 1. The normalized spacial score (nSPS) is 18.8. The first-order chi connectivity index (χ1) is 11.8. The summed E-state index contributed by atoms with van der Waals surface area (Å²) in [6, 6.07) is 2.92. The number of hydrogen-bond acceptors (Lipinski definition) is 6. The van der Waals surface area contributed by atoms with Crippen LogP contribution < -0.4 is 21.1 Å². The van der Waals surface area contributed by atoms with Crippen molar-refractivity contribution in [2.24, 2.45) is 0 Å². The van der Waals surface area contributed by atoms with E-state index in [2.05, 4.69) is 10.6 Å². The molecular weight excluding hydrogens is 342 g/mol. The average Bonchev–Trinajstić information content (AvgIpc) is 3.13. The highest BCUT2D eigenvalue weighted by atomic mass is 32.2. The van der Waals surface area contributed by atoms with E-state index in [1.54, 1.807) is 0 Å². The largest absolute Gasteiger partial charge is 0.496 e. The fourth-order valence-electron chi connectivity index (χ4n) is 3.14. The minimum Gasteiger partial charge on any atom is -0.496 e. The molecule has 0 aliphatic carbocycles. The Morgan fingerprint density at radius 3 is 2.68 bits per heavy atom. The molecule has 1 aliphatic rings. The Bertz CT molecular complexity index is 728. The van der Waals surface area contributed by atoms with Crippen molar-refractivity contribution in [3.8, 4) is 5.75 Å². The predicted octanol–water partition coefficient (Wildman–Crippen LogP) is 1.33. The van der Waals surface area contributed by atoms with Crippen LogP contribution in [0.1, 0.15) is 43.5 Å². The molecule has 4 N–H and O–H groups in total. The maximum Gasteiger partial charge on any atom is 0.255 e. The van der Waals surface area contributed by atoms with Crippen molar-refractivity contribution >= 4 is 21.4 Å². The molecule has 0 spiro atoms. The quantitative estimate of drug-likeness (QED) is 0.626. The smallest absolute Gasteiger partial charge is 0.255 e. The van der Waals surface area contributed by atoms with E-state index in [1.165, 1.54) is 26.2 Å². The summed E-state index contributed by atoms with van der Waals surface area (Å²) in [6.07, 6.45) is 2.87. The van der Waals surface area contributed by atoms with Crippen molar-refractivity contribution in [2.75, 3.05) is 25.1 Å². The number of nitrogens with two attached hydrogens (primary N) is 1. The average molecular weight is 369 g/mol. The van der Waals surface area contributed by atoms with Gasteiger partial charge in [-0.15, -0.1) is 0 Å². The van der Waals surface area contributed by atoms with Crippen LogP contribution >= 0.6 is 0 Å². The number of methoxy groups -OCH3 is 1. The Hall–Kier alpha value is -1.80. The number of benzene rings is 1. The lowest BCUT2D eigenvalue weighted by Crippen LogP contribution is -2.47. The fourth-order valence-corrected chi connectivity index (χ4v) is 4.16. The second kappa shape index (κ2) is 8.05. The molecule has 1 heterocycles. The van der Waals surface area contributed by atoms with Gasteiger partial charge in [0, 0.05) is 18.2 Å². The van der Waals surface area contributed by atoms with Crippen LogP contribution in [0.2, 0.25) is 0 Å². The minimum atomic E-state index is -3.53. The molecule has 25 heavy (non-hydrogen) atoms. The first-order valence-corrected chi connectivity index (χ1v) is 10.2. The summed E-state index contributed by atoms with van der Waals surface area (Å²) < 4.78 is 29.7. The standard InChI is InChI=1S/C17H27N3O4S/c1-4-13(14-7-6-8-19-14)20-17(21)11-9-16(25(22,23)5-2)12(18)10-15(11)24-3/h9-10,13-14,19H,4-8,18H2,1-3H3,(H,20,21)/t13-,14-/m1/s1.